The highest BCUT2D eigenvalue weighted by molar-refractivity contribution is 8.13. The van der Waals surface area contributed by atoms with Gasteiger partial charge in [0.2, 0.25) is 0 Å². The second kappa shape index (κ2) is 6.07. The van der Waals surface area contributed by atoms with E-state index in [1.165, 1.54) is 6.20 Å². The molecule has 0 bridgehead atoms. The molecule has 2 aromatic rings. The third-order valence-corrected chi connectivity index (χ3v) is 5.57. The lowest BCUT2D eigenvalue weighted by molar-refractivity contribution is 0.102. The normalized spacial score (nSPS) is 24.6. The molecule has 1 aromatic carbocycles. The van der Waals surface area contributed by atoms with Gasteiger partial charge < -0.3 is 16.8 Å². The van der Waals surface area contributed by atoms with Crippen molar-refractivity contribution >= 4 is 34.2 Å². The number of thioether (sulfide) groups is 1. The van der Waals surface area contributed by atoms with Crippen LogP contribution in [0.3, 0.4) is 0 Å². The van der Waals surface area contributed by atoms with Crippen LogP contribution in [0.5, 0.6) is 0 Å². The third kappa shape index (κ3) is 3.07. The average molecular weight is 353 g/mol. The first-order valence-electron chi connectivity index (χ1n) is 8.18. The molecule has 0 radical (unpaired) electrons. The number of benzene rings is 1. The first kappa shape index (κ1) is 16.0. The van der Waals surface area contributed by atoms with E-state index in [2.05, 4.69) is 16.4 Å². The molecule has 2 aliphatic rings. The van der Waals surface area contributed by atoms with Crippen molar-refractivity contribution in [1.29, 1.82) is 0 Å². The number of rotatable bonds is 3. The van der Waals surface area contributed by atoms with Crippen LogP contribution in [0.25, 0.3) is 0 Å². The number of nitrogens with two attached hydrogens (primary N) is 2. The first-order chi connectivity index (χ1) is 12.1. The maximum Gasteiger partial charge on any atom is 0.274 e. The summed E-state index contributed by atoms with van der Waals surface area (Å²) in [6.45, 7) is 0. The summed E-state index contributed by atoms with van der Waals surface area (Å²) < 4.78 is 0. The van der Waals surface area contributed by atoms with Crippen LogP contribution in [0, 0.1) is 5.92 Å². The Balaban J connectivity index is 1.57. The molecule has 6 nitrogen and oxygen atoms in total. The summed E-state index contributed by atoms with van der Waals surface area (Å²) in [4.78, 5) is 21.2. The van der Waals surface area contributed by atoms with Crippen molar-refractivity contribution in [3.8, 4) is 0 Å². The van der Waals surface area contributed by atoms with Gasteiger partial charge in [-0.05, 0) is 48.6 Å². The highest BCUT2D eigenvalue weighted by atomic mass is 32.2. The zero-order chi connectivity index (χ0) is 17.4. The second-order valence-corrected chi connectivity index (χ2v) is 7.54. The monoisotopic (exact) mass is 353 g/mol. The van der Waals surface area contributed by atoms with Gasteiger partial charge in [-0.3, -0.25) is 9.79 Å². The number of hydrogen-bond acceptors (Lipinski definition) is 6. The molecule has 1 saturated carbocycles. The van der Waals surface area contributed by atoms with Crippen LogP contribution in [0.4, 0.5) is 11.4 Å². The number of nitrogens with zero attached hydrogens (tertiary/aromatic N) is 2. The van der Waals surface area contributed by atoms with Crippen molar-refractivity contribution in [1.82, 2.24) is 4.98 Å². The average Bonchev–Trinajstić information content (AvgIpc) is 3.30. The fourth-order valence-electron chi connectivity index (χ4n) is 3.35. The molecule has 1 fully saturated rings. The van der Waals surface area contributed by atoms with Crippen LogP contribution >= 0.6 is 11.8 Å². The van der Waals surface area contributed by atoms with E-state index in [4.69, 9.17) is 16.5 Å². The van der Waals surface area contributed by atoms with Crippen molar-refractivity contribution < 1.29 is 4.79 Å². The number of pyridine rings is 1. The van der Waals surface area contributed by atoms with E-state index in [9.17, 15) is 4.79 Å². The predicted octanol–water partition coefficient (Wildman–Crippen LogP) is 2.58. The number of aliphatic imine (C=N–C) groups is 1. The molecule has 4 rings (SSSR count). The van der Waals surface area contributed by atoms with Crippen molar-refractivity contribution in [2.75, 3.05) is 16.8 Å². The van der Waals surface area contributed by atoms with Crippen LogP contribution < -0.4 is 16.8 Å². The SMILES string of the molecule is NC1=N[C@@]2(c3cccc(NC(=O)c4ccc(N)cn4)c3)C[C@H]2CCS1. The van der Waals surface area contributed by atoms with Crippen LogP contribution in [0.1, 0.15) is 28.9 Å². The number of amidine groups is 1. The molecular formula is C18H19N5OS. The standard InChI is InChI=1S/C18H19N5OS/c19-13-4-5-15(21-10-13)16(24)22-14-3-1-2-11(8-14)18-9-12(18)6-7-25-17(20)23-18/h1-5,8,10,12H,6-7,9,19H2,(H2,20,23)(H,22,24)/t12-,18-/m1/s1. The number of nitrogens with one attached hydrogen (secondary N) is 1. The van der Waals surface area contributed by atoms with Crippen LogP contribution in [-0.4, -0.2) is 21.8 Å². The molecule has 0 spiro atoms. The molecule has 1 amide bonds. The first-order valence-corrected chi connectivity index (χ1v) is 9.17. The van der Waals surface area contributed by atoms with E-state index in [1.807, 2.05) is 18.2 Å². The third-order valence-electron chi connectivity index (χ3n) is 4.74. The molecule has 25 heavy (non-hydrogen) atoms. The Morgan fingerprint density at radius 2 is 2.16 bits per heavy atom. The summed E-state index contributed by atoms with van der Waals surface area (Å²) in [6.07, 6.45) is 3.60. The summed E-state index contributed by atoms with van der Waals surface area (Å²) in [5.74, 6) is 1.29. The van der Waals surface area contributed by atoms with E-state index < -0.39 is 0 Å². The molecule has 2 atom stereocenters. The molecule has 0 saturated heterocycles. The minimum absolute atomic E-state index is 0.215. The molecule has 1 aromatic heterocycles. The number of fused-ring (bicyclic) bond motifs is 1. The number of amides is 1. The summed E-state index contributed by atoms with van der Waals surface area (Å²) in [6, 6.07) is 11.1. The number of nitrogen functional groups attached to an aromatic ring is 1. The summed E-state index contributed by atoms with van der Waals surface area (Å²) >= 11 is 1.62. The second-order valence-electron chi connectivity index (χ2n) is 6.42. The van der Waals surface area contributed by atoms with Gasteiger partial charge in [0.05, 0.1) is 17.4 Å². The van der Waals surface area contributed by atoms with Gasteiger partial charge >= 0.3 is 0 Å². The fourth-order valence-corrected chi connectivity index (χ4v) is 4.19. The lowest BCUT2D eigenvalue weighted by Gasteiger charge is -2.14. The van der Waals surface area contributed by atoms with Crippen molar-refractivity contribution in [2.45, 2.75) is 18.4 Å². The Morgan fingerprint density at radius 3 is 2.96 bits per heavy atom. The van der Waals surface area contributed by atoms with Gasteiger partial charge in [0, 0.05) is 11.4 Å². The topological polar surface area (TPSA) is 106 Å². The maximum atomic E-state index is 12.3. The Hall–Kier alpha value is -2.54. The van der Waals surface area contributed by atoms with Gasteiger partial charge in [0.25, 0.3) is 5.91 Å². The summed E-state index contributed by atoms with van der Waals surface area (Å²) in [5, 5.41) is 3.55. The molecule has 0 unspecified atom stereocenters. The number of carbonyl (C=O) groups is 1. The fraction of sp³-hybridized carbons (Fsp3) is 0.278. The molecule has 5 N–H and O–H groups in total. The minimum atomic E-state index is -0.263. The lowest BCUT2D eigenvalue weighted by atomic mass is 10.0. The zero-order valence-electron chi connectivity index (χ0n) is 13.6. The minimum Gasteiger partial charge on any atom is -0.397 e. The van der Waals surface area contributed by atoms with Crippen LogP contribution in [0.2, 0.25) is 0 Å². The van der Waals surface area contributed by atoms with Crippen molar-refractivity contribution in [3.63, 3.8) is 0 Å². The Bertz CT molecular complexity index is 851. The molecule has 1 aliphatic carbocycles. The molecule has 128 valence electrons. The Labute approximate surface area is 150 Å². The van der Waals surface area contributed by atoms with Crippen molar-refractivity contribution in [2.24, 2.45) is 16.6 Å². The number of anilines is 2. The molecule has 2 heterocycles. The lowest BCUT2D eigenvalue weighted by Crippen LogP contribution is -2.16. The van der Waals surface area contributed by atoms with Gasteiger partial charge in [0.1, 0.15) is 5.69 Å². The molecule has 7 heteroatoms. The number of aromatic nitrogens is 1. The quantitative estimate of drug-likeness (QED) is 0.786. The van der Waals surface area contributed by atoms with Crippen molar-refractivity contribution in [3.05, 3.63) is 53.9 Å². The number of carbonyl (C=O) groups excluding carboxylic acids is 1. The highest BCUT2D eigenvalue weighted by Crippen LogP contribution is 2.59. The molecular weight excluding hydrogens is 334 g/mol. The predicted molar refractivity (Wildman–Crippen MR) is 102 cm³/mol. The van der Waals surface area contributed by atoms with Gasteiger partial charge in [-0.2, -0.15) is 0 Å². The molecule has 1 aliphatic heterocycles. The van der Waals surface area contributed by atoms with Crippen LogP contribution in [-0.2, 0) is 5.54 Å². The van der Waals surface area contributed by atoms with Gasteiger partial charge in [0.15, 0.2) is 5.17 Å². The zero-order valence-corrected chi connectivity index (χ0v) is 14.4. The Kier molecular flexibility index (Phi) is 3.88. The van der Waals surface area contributed by atoms with Gasteiger partial charge in [-0.1, -0.05) is 23.9 Å². The van der Waals surface area contributed by atoms with Crippen LogP contribution in [0.15, 0.2) is 47.6 Å². The van der Waals surface area contributed by atoms with E-state index >= 15 is 0 Å². The summed E-state index contributed by atoms with van der Waals surface area (Å²) in [5.41, 5.74) is 14.1. The maximum absolute atomic E-state index is 12.3. The van der Waals surface area contributed by atoms with Gasteiger partial charge in [-0.25, -0.2) is 4.98 Å². The van der Waals surface area contributed by atoms with E-state index in [-0.39, 0.29) is 11.4 Å². The van der Waals surface area contributed by atoms with E-state index in [0.717, 1.165) is 29.8 Å². The van der Waals surface area contributed by atoms with E-state index in [1.54, 1.807) is 23.9 Å². The number of hydrogen-bond donors (Lipinski definition) is 3. The smallest absolute Gasteiger partial charge is 0.274 e. The largest absolute Gasteiger partial charge is 0.397 e. The highest BCUT2D eigenvalue weighted by Gasteiger charge is 2.56. The Morgan fingerprint density at radius 1 is 1.28 bits per heavy atom. The summed E-state index contributed by atoms with van der Waals surface area (Å²) in [7, 11) is 0. The van der Waals surface area contributed by atoms with E-state index in [0.29, 0.717) is 22.5 Å². The van der Waals surface area contributed by atoms with Gasteiger partial charge in [-0.15, -0.1) is 0 Å².